The van der Waals surface area contributed by atoms with E-state index < -0.39 is 12.1 Å². The number of amides is 2. The van der Waals surface area contributed by atoms with Gasteiger partial charge in [0.1, 0.15) is 12.6 Å². The van der Waals surface area contributed by atoms with Gasteiger partial charge in [-0.15, -0.1) is 0 Å². The molecule has 2 N–H and O–H groups in total. The molecule has 0 aromatic rings. The Kier molecular flexibility index (Phi) is 5.39. The molecule has 0 bridgehead atoms. The number of nitrogens with zero attached hydrogens (tertiary/aromatic N) is 1. The number of cyclic esters (lactones) is 1. The molecular weight excluding hydrogens is 270 g/mol. The topological polar surface area (TPSA) is 70.7 Å². The van der Waals surface area contributed by atoms with Crippen molar-refractivity contribution < 1.29 is 14.3 Å². The van der Waals surface area contributed by atoms with E-state index in [-0.39, 0.29) is 29.6 Å². The van der Waals surface area contributed by atoms with Crippen LogP contribution in [0, 0.1) is 0 Å². The summed E-state index contributed by atoms with van der Waals surface area (Å²) in [6.07, 6.45) is -0.552. The van der Waals surface area contributed by atoms with Gasteiger partial charge in [-0.2, -0.15) is 0 Å². The largest absolute Gasteiger partial charge is 0.447 e. The van der Waals surface area contributed by atoms with E-state index in [4.69, 9.17) is 4.74 Å². The molecule has 0 spiro atoms. The van der Waals surface area contributed by atoms with Crippen LogP contribution >= 0.6 is 0 Å². The molecule has 0 radical (unpaired) electrons. The Morgan fingerprint density at radius 2 is 1.67 bits per heavy atom. The maximum absolute atomic E-state index is 12.7. The van der Waals surface area contributed by atoms with Gasteiger partial charge in [0.15, 0.2) is 0 Å². The van der Waals surface area contributed by atoms with Crippen LogP contribution in [0.1, 0.15) is 48.5 Å². The molecule has 0 aromatic carbocycles. The predicted octanol–water partition coefficient (Wildman–Crippen LogP) is 1.50. The zero-order chi connectivity index (χ0) is 16.4. The molecule has 1 aliphatic rings. The minimum absolute atomic E-state index is 0.120. The third-order valence-electron chi connectivity index (χ3n) is 3.04. The Morgan fingerprint density at radius 1 is 1.14 bits per heavy atom. The summed E-state index contributed by atoms with van der Waals surface area (Å²) in [6, 6.07) is -0.611. The first-order valence-corrected chi connectivity index (χ1v) is 7.44. The Morgan fingerprint density at radius 3 is 2.05 bits per heavy atom. The number of imide groups is 1. The number of carbonyl (C=O) groups excluding carboxylic acids is 2. The van der Waals surface area contributed by atoms with Crippen molar-refractivity contribution in [3.63, 3.8) is 0 Å². The minimum Gasteiger partial charge on any atom is -0.447 e. The average molecular weight is 299 g/mol. The van der Waals surface area contributed by atoms with Crippen LogP contribution < -0.4 is 10.6 Å². The first kappa shape index (κ1) is 17.9. The summed E-state index contributed by atoms with van der Waals surface area (Å²) in [4.78, 5) is 25.5. The maximum atomic E-state index is 12.7. The zero-order valence-corrected chi connectivity index (χ0v) is 14.2. The summed E-state index contributed by atoms with van der Waals surface area (Å²) >= 11 is 0. The van der Waals surface area contributed by atoms with E-state index in [2.05, 4.69) is 10.6 Å². The van der Waals surface area contributed by atoms with Crippen molar-refractivity contribution in [3.05, 3.63) is 0 Å². The maximum Gasteiger partial charge on any atom is 0.416 e. The van der Waals surface area contributed by atoms with Crippen LogP contribution in [0.2, 0.25) is 0 Å². The quantitative estimate of drug-likeness (QED) is 0.823. The molecule has 21 heavy (non-hydrogen) atoms. The Balaban J connectivity index is 2.90. The van der Waals surface area contributed by atoms with E-state index in [0.717, 1.165) is 0 Å². The van der Waals surface area contributed by atoms with Gasteiger partial charge in [-0.3, -0.25) is 10.1 Å². The summed E-state index contributed by atoms with van der Waals surface area (Å²) < 4.78 is 4.87. The molecule has 122 valence electrons. The lowest BCUT2D eigenvalue weighted by molar-refractivity contribution is -0.131. The van der Waals surface area contributed by atoms with Crippen LogP contribution in [0.5, 0.6) is 0 Å². The number of hydrogen-bond acceptors (Lipinski definition) is 5. The summed E-state index contributed by atoms with van der Waals surface area (Å²) in [5, 5.41) is 6.71. The van der Waals surface area contributed by atoms with E-state index >= 15 is 0 Å². The van der Waals surface area contributed by atoms with Crippen molar-refractivity contribution in [1.82, 2.24) is 15.5 Å². The molecule has 1 heterocycles. The van der Waals surface area contributed by atoms with Crippen LogP contribution in [0.25, 0.3) is 0 Å². The number of ether oxygens (including phenoxy) is 1. The van der Waals surface area contributed by atoms with Crippen molar-refractivity contribution in [2.75, 3.05) is 13.2 Å². The number of carbonyl (C=O) groups is 2. The molecule has 1 saturated heterocycles. The highest BCUT2D eigenvalue weighted by molar-refractivity contribution is 5.96. The lowest BCUT2D eigenvalue weighted by Gasteiger charge is -2.36. The van der Waals surface area contributed by atoms with Crippen LogP contribution in [-0.2, 0) is 9.53 Å². The summed E-state index contributed by atoms with van der Waals surface area (Å²) in [5.41, 5.74) is -0.360. The fourth-order valence-corrected chi connectivity index (χ4v) is 2.39. The second-order valence-corrected chi connectivity index (χ2v) is 7.66. The monoisotopic (exact) mass is 299 g/mol. The second-order valence-electron chi connectivity index (χ2n) is 7.66. The second kappa shape index (κ2) is 6.32. The Hall–Kier alpha value is -1.14. The van der Waals surface area contributed by atoms with Crippen LogP contribution in [0.4, 0.5) is 4.79 Å². The van der Waals surface area contributed by atoms with Crippen LogP contribution in [0.3, 0.4) is 0 Å². The van der Waals surface area contributed by atoms with Gasteiger partial charge in [-0.1, -0.05) is 0 Å². The van der Waals surface area contributed by atoms with Gasteiger partial charge in [0.2, 0.25) is 0 Å². The molecule has 2 amide bonds. The highest BCUT2D eigenvalue weighted by Gasteiger charge is 2.38. The van der Waals surface area contributed by atoms with Crippen molar-refractivity contribution in [2.45, 2.75) is 71.6 Å². The molecule has 0 saturated carbocycles. The average Bonchev–Trinajstić information content (AvgIpc) is 2.67. The van der Waals surface area contributed by atoms with E-state index in [0.29, 0.717) is 6.54 Å². The smallest absolute Gasteiger partial charge is 0.416 e. The molecule has 6 heteroatoms. The minimum atomic E-state index is -0.552. The molecule has 1 rings (SSSR count). The first-order chi connectivity index (χ1) is 9.41. The van der Waals surface area contributed by atoms with Crippen molar-refractivity contribution in [2.24, 2.45) is 0 Å². The Labute approximate surface area is 127 Å². The molecular formula is C15H29N3O3. The van der Waals surface area contributed by atoms with Crippen LogP contribution in [0.15, 0.2) is 0 Å². The molecule has 0 unspecified atom stereocenters. The summed E-state index contributed by atoms with van der Waals surface area (Å²) in [5.74, 6) is -0.239. The van der Waals surface area contributed by atoms with E-state index in [9.17, 15) is 9.59 Å². The van der Waals surface area contributed by atoms with Gasteiger partial charge in [0.25, 0.3) is 5.91 Å². The highest BCUT2D eigenvalue weighted by atomic mass is 16.6. The van der Waals surface area contributed by atoms with Gasteiger partial charge in [-0.25, -0.2) is 9.69 Å². The molecule has 0 aliphatic carbocycles. The van der Waals surface area contributed by atoms with Crippen molar-refractivity contribution in [3.8, 4) is 0 Å². The van der Waals surface area contributed by atoms with Crippen molar-refractivity contribution >= 4 is 12.0 Å². The van der Waals surface area contributed by atoms with Crippen molar-refractivity contribution in [1.29, 1.82) is 0 Å². The molecule has 6 nitrogen and oxygen atoms in total. The van der Waals surface area contributed by atoms with Gasteiger partial charge < -0.3 is 10.1 Å². The fourth-order valence-electron chi connectivity index (χ4n) is 2.39. The highest BCUT2D eigenvalue weighted by Crippen LogP contribution is 2.13. The summed E-state index contributed by atoms with van der Waals surface area (Å²) in [6.45, 7) is 14.7. The number of nitrogens with one attached hydrogen (secondary N) is 2. The van der Waals surface area contributed by atoms with Gasteiger partial charge in [0, 0.05) is 17.1 Å². The van der Waals surface area contributed by atoms with E-state index in [1.165, 1.54) is 4.90 Å². The predicted molar refractivity (Wildman–Crippen MR) is 82.1 cm³/mol. The number of hydrogen-bond donors (Lipinski definition) is 2. The number of rotatable bonds is 4. The summed E-state index contributed by atoms with van der Waals surface area (Å²) in [7, 11) is 0. The molecule has 1 aliphatic heterocycles. The molecule has 0 aromatic heterocycles. The SMILES string of the molecule is C[C@H](NC(C)(C)C)[C@@H](NC(C)(C)C)C(=O)N1CCOC1=O. The normalized spacial score (nSPS) is 19.4. The fraction of sp³-hybridized carbons (Fsp3) is 0.867. The Bertz CT molecular complexity index is 396. The van der Waals surface area contributed by atoms with E-state index in [1.54, 1.807) is 0 Å². The van der Waals surface area contributed by atoms with Gasteiger partial charge in [0.05, 0.1) is 6.54 Å². The lowest BCUT2D eigenvalue weighted by atomic mass is 9.99. The molecule has 1 fully saturated rings. The van der Waals surface area contributed by atoms with Gasteiger partial charge >= 0.3 is 6.09 Å². The lowest BCUT2D eigenvalue weighted by Crippen LogP contribution is -2.62. The van der Waals surface area contributed by atoms with E-state index in [1.807, 2.05) is 48.5 Å². The molecule has 2 atom stereocenters. The zero-order valence-electron chi connectivity index (χ0n) is 14.2. The standard InChI is InChI=1S/C15H29N3O3/c1-10(16-14(2,3)4)11(17-15(5,6)7)12(19)18-8-9-21-13(18)20/h10-11,16-17H,8-9H2,1-7H3/t10-,11+/m0/s1. The first-order valence-electron chi connectivity index (χ1n) is 7.44. The van der Waals surface area contributed by atoms with Gasteiger partial charge in [-0.05, 0) is 48.5 Å². The van der Waals surface area contributed by atoms with Crippen LogP contribution in [-0.4, -0.2) is 53.2 Å². The third kappa shape index (κ3) is 5.63. The third-order valence-corrected chi connectivity index (χ3v) is 3.04.